The van der Waals surface area contributed by atoms with Crippen LogP contribution in [0.15, 0.2) is 56.9 Å². The van der Waals surface area contributed by atoms with Crippen LogP contribution in [-0.4, -0.2) is 10.9 Å². The van der Waals surface area contributed by atoms with Gasteiger partial charge < -0.3 is 9.73 Å². The zero-order valence-corrected chi connectivity index (χ0v) is 14.4. The van der Waals surface area contributed by atoms with Gasteiger partial charge in [-0.3, -0.25) is 4.79 Å². The summed E-state index contributed by atoms with van der Waals surface area (Å²) in [5, 5.41) is 5.41. The molecule has 1 aliphatic carbocycles. The summed E-state index contributed by atoms with van der Waals surface area (Å²) in [7, 11) is 0. The molecule has 1 N–H and O–H groups in total. The van der Waals surface area contributed by atoms with Crippen molar-refractivity contribution in [1.82, 2.24) is 4.98 Å². The number of nitrogens with one attached hydrogen (secondary N) is 1. The lowest BCUT2D eigenvalue weighted by atomic mass is 10.1. The maximum absolute atomic E-state index is 12.4. The first-order valence-electron chi connectivity index (χ1n) is 7.26. The summed E-state index contributed by atoms with van der Waals surface area (Å²) in [6.45, 7) is 0. The molecule has 4 rings (SSSR count). The number of carbonyl (C=O) groups is 1. The second-order valence-corrected chi connectivity index (χ2v) is 7.28. The average Bonchev–Trinajstić information content (AvgIpc) is 2.94. The van der Waals surface area contributed by atoms with E-state index >= 15 is 0 Å². The van der Waals surface area contributed by atoms with Gasteiger partial charge in [-0.2, -0.15) is 0 Å². The number of benzene rings is 1. The zero-order chi connectivity index (χ0) is 15.8. The molecule has 2 unspecified atom stereocenters. The van der Waals surface area contributed by atoms with Crippen LogP contribution in [0.2, 0.25) is 0 Å². The molecular formula is C17H13BrN2O2S. The van der Waals surface area contributed by atoms with Crippen LogP contribution in [0.4, 0.5) is 5.13 Å². The number of thiazole rings is 1. The zero-order valence-electron chi connectivity index (χ0n) is 12.0. The van der Waals surface area contributed by atoms with Crippen molar-refractivity contribution < 1.29 is 9.21 Å². The number of hydrogen-bond donors (Lipinski definition) is 1. The van der Waals surface area contributed by atoms with Crippen LogP contribution in [0.5, 0.6) is 0 Å². The molecule has 2 heterocycles. The van der Waals surface area contributed by atoms with E-state index in [2.05, 4.69) is 38.4 Å². The smallest absolute Gasteiger partial charge is 0.229 e. The summed E-state index contributed by atoms with van der Waals surface area (Å²) < 4.78 is 6.36. The highest BCUT2D eigenvalue weighted by Gasteiger charge is 2.44. The van der Waals surface area contributed by atoms with Gasteiger partial charge in [-0.25, -0.2) is 4.98 Å². The summed E-state index contributed by atoms with van der Waals surface area (Å²) in [6.07, 6.45) is 2.50. The third-order valence-corrected chi connectivity index (χ3v) is 5.16. The van der Waals surface area contributed by atoms with Gasteiger partial charge in [0.2, 0.25) is 5.91 Å². The van der Waals surface area contributed by atoms with E-state index in [4.69, 9.17) is 4.42 Å². The van der Waals surface area contributed by atoms with Crippen molar-refractivity contribution in [3.05, 3.63) is 58.1 Å². The molecule has 1 fully saturated rings. The van der Waals surface area contributed by atoms with Crippen molar-refractivity contribution in [2.75, 3.05) is 5.32 Å². The standard InChI is InChI=1S/C17H13BrN2O2S/c18-11-4-1-3-10(7-11)12-8-13(12)16(21)20-17-19-14(9-23-17)15-5-2-6-22-15/h1-7,9,12-13H,8H2,(H,19,20,21). The van der Waals surface area contributed by atoms with E-state index < -0.39 is 0 Å². The van der Waals surface area contributed by atoms with Crippen molar-refractivity contribution >= 4 is 38.3 Å². The molecule has 116 valence electrons. The fourth-order valence-electron chi connectivity index (χ4n) is 2.66. The van der Waals surface area contributed by atoms with Crippen LogP contribution in [-0.2, 0) is 4.79 Å². The minimum Gasteiger partial charge on any atom is -0.463 e. The van der Waals surface area contributed by atoms with Crippen LogP contribution in [0.1, 0.15) is 17.9 Å². The quantitative estimate of drug-likeness (QED) is 0.690. The van der Waals surface area contributed by atoms with Gasteiger partial charge in [-0.05, 0) is 42.2 Å². The van der Waals surface area contributed by atoms with Gasteiger partial charge in [0.15, 0.2) is 10.9 Å². The first-order valence-corrected chi connectivity index (χ1v) is 8.94. The predicted molar refractivity (Wildman–Crippen MR) is 93.4 cm³/mol. The number of anilines is 1. The molecular weight excluding hydrogens is 376 g/mol. The van der Waals surface area contributed by atoms with Gasteiger partial charge in [-0.1, -0.05) is 28.1 Å². The molecule has 0 saturated heterocycles. The number of furan rings is 1. The minimum absolute atomic E-state index is 0.0280. The predicted octanol–water partition coefficient (Wildman–Crippen LogP) is 4.91. The van der Waals surface area contributed by atoms with Crippen LogP contribution in [0, 0.1) is 5.92 Å². The molecule has 1 aromatic carbocycles. The van der Waals surface area contributed by atoms with E-state index in [1.807, 2.05) is 29.6 Å². The lowest BCUT2D eigenvalue weighted by Crippen LogP contribution is -2.14. The first kappa shape index (κ1) is 14.7. The second kappa shape index (κ2) is 5.94. The molecule has 1 saturated carbocycles. The van der Waals surface area contributed by atoms with Gasteiger partial charge in [0.25, 0.3) is 0 Å². The third-order valence-electron chi connectivity index (χ3n) is 3.91. The number of nitrogens with zero attached hydrogens (tertiary/aromatic N) is 1. The number of hydrogen-bond acceptors (Lipinski definition) is 4. The highest BCUT2D eigenvalue weighted by atomic mass is 79.9. The Morgan fingerprint density at radius 1 is 1.35 bits per heavy atom. The molecule has 23 heavy (non-hydrogen) atoms. The van der Waals surface area contributed by atoms with Gasteiger partial charge in [0, 0.05) is 15.8 Å². The normalized spacial score (nSPS) is 19.5. The van der Waals surface area contributed by atoms with E-state index in [1.54, 1.807) is 6.26 Å². The average molecular weight is 389 g/mol. The van der Waals surface area contributed by atoms with E-state index in [-0.39, 0.29) is 11.8 Å². The monoisotopic (exact) mass is 388 g/mol. The van der Waals surface area contributed by atoms with Crippen LogP contribution >= 0.6 is 27.3 Å². The number of amides is 1. The number of aromatic nitrogens is 1. The third kappa shape index (κ3) is 3.09. The largest absolute Gasteiger partial charge is 0.463 e. The molecule has 1 amide bonds. The summed E-state index contributed by atoms with van der Waals surface area (Å²) in [4.78, 5) is 16.8. The number of carbonyl (C=O) groups excluding carboxylic acids is 1. The Balaban J connectivity index is 1.41. The number of rotatable bonds is 4. The molecule has 0 aliphatic heterocycles. The van der Waals surface area contributed by atoms with Gasteiger partial charge in [-0.15, -0.1) is 11.3 Å². The summed E-state index contributed by atoms with van der Waals surface area (Å²) in [5.41, 5.74) is 1.95. The topological polar surface area (TPSA) is 55.1 Å². The maximum Gasteiger partial charge on any atom is 0.229 e. The van der Waals surface area contributed by atoms with Crippen LogP contribution < -0.4 is 5.32 Å². The van der Waals surface area contributed by atoms with Crippen molar-refractivity contribution in [1.29, 1.82) is 0 Å². The van der Waals surface area contributed by atoms with Crippen LogP contribution in [0.3, 0.4) is 0 Å². The Kier molecular flexibility index (Phi) is 3.79. The maximum atomic E-state index is 12.4. The van der Waals surface area contributed by atoms with Crippen molar-refractivity contribution in [2.24, 2.45) is 5.92 Å². The molecule has 0 radical (unpaired) electrons. The molecule has 4 nitrogen and oxygen atoms in total. The SMILES string of the molecule is O=C(Nc1nc(-c2ccco2)cs1)C1CC1c1cccc(Br)c1. The lowest BCUT2D eigenvalue weighted by Gasteiger charge is -2.02. The molecule has 2 atom stereocenters. The van der Waals surface area contributed by atoms with Gasteiger partial charge in [0.1, 0.15) is 5.69 Å². The first-order chi connectivity index (χ1) is 11.2. The Labute approximate surface area is 145 Å². The van der Waals surface area contributed by atoms with Crippen LogP contribution in [0.25, 0.3) is 11.5 Å². The molecule has 3 aromatic rings. The minimum atomic E-state index is 0.0280. The summed E-state index contributed by atoms with van der Waals surface area (Å²) >= 11 is 4.88. The van der Waals surface area contributed by atoms with E-state index in [0.29, 0.717) is 16.8 Å². The van der Waals surface area contributed by atoms with E-state index in [0.717, 1.165) is 16.6 Å². The fourth-order valence-corrected chi connectivity index (χ4v) is 3.78. The molecule has 0 spiro atoms. The lowest BCUT2D eigenvalue weighted by molar-refractivity contribution is -0.117. The Morgan fingerprint density at radius 3 is 3.04 bits per heavy atom. The van der Waals surface area contributed by atoms with Gasteiger partial charge in [0.05, 0.1) is 6.26 Å². The molecule has 6 heteroatoms. The second-order valence-electron chi connectivity index (χ2n) is 5.51. The Bertz CT molecular complexity index is 844. The number of halogens is 1. The van der Waals surface area contributed by atoms with E-state index in [1.165, 1.54) is 16.9 Å². The van der Waals surface area contributed by atoms with Crippen molar-refractivity contribution in [2.45, 2.75) is 12.3 Å². The molecule has 2 aromatic heterocycles. The highest BCUT2D eigenvalue weighted by Crippen LogP contribution is 2.48. The molecule has 0 bridgehead atoms. The fraction of sp³-hybridized carbons (Fsp3) is 0.176. The highest BCUT2D eigenvalue weighted by molar-refractivity contribution is 9.10. The van der Waals surface area contributed by atoms with Crippen molar-refractivity contribution in [3.63, 3.8) is 0 Å². The Morgan fingerprint density at radius 2 is 2.26 bits per heavy atom. The Hall–Kier alpha value is -1.92. The van der Waals surface area contributed by atoms with E-state index in [9.17, 15) is 4.79 Å². The molecule has 1 aliphatic rings. The summed E-state index contributed by atoms with van der Waals surface area (Å²) in [6, 6.07) is 11.8. The van der Waals surface area contributed by atoms with Gasteiger partial charge >= 0.3 is 0 Å². The summed E-state index contributed by atoms with van der Waals surface area (Å²) in [5.74, 6) is 1.08. The van der Waals surface area contributed by atoms with Crippen molar-refractivity contribution in [3.8, 4) is 11.5 Å².